The highest BCUT2D eigenvalue weighted by Crippen LogP contribution is 2.41. The van der Waals surface area contributed by atoms with Crippen LogP contribution in [0.25, 0.3) is 11.1 Å². The van der Waals surface area contributed by atoms with Crippen molar-refractivity contribution in [2.45, 2.75) is 50.6 Å². The molecule has 0 spiro atoms. The monoisotopic (exact) mass is 330 g/mol. The summed E-state index contributed by atoms with van der Waals surface area (Å²) in [6, 6.07) is 0. The third kappa shape index (κ3) is 2.62. The normalized spacial score (nSPS) is 20.0. The summed E-state index contributed by atoms with van der Waals surface area (Å²) in [6.45, 7) is 4.45. The van der Waals surface area contributed by atoms with Crippen LogP contribution in [0.2, 0.25) is 0 Å². The summed E-state index contributed by atoms with van der Waals surface area (Å²) in [6.07, 6.45) is 5.51. The molecular formula is C17H22N4O3. The van der Waals surface area contributed by atoms with E-state index in [1.165, 1.54) is 6.33 Å². The third-order valence-electron chi connectivity index (χ3n) is 4.96. The van der Waals surface area contributed by atoms with Crippen molar-refractivity contribution in [3.63, 3.8) is 0 Å². The van der Waals surface area contributed by atoms with Gasteiger partial charge in [-0.15, -0.1) is 0 Å². The molecule has 128 valence electrons. The van der Waals surface area contributed by atoms with Gasteiger partial charge in [0.25, 0.3) is 5.91 Å². The highest BCUT2D eigenvalue weighted by Gasteiger charge is 2.45. The van der Waals surface area contributed by atoms with Gasteiger partial charge in [-0.25, -0.2) is 9.97 Å². The van der Waals surface area contributed by atoms with Crippen LogP contribution in [0.4, 0.5) is 5.82 Å². The van der Waals surface area contributed by atoms with Gasteiger partial charge in [0.15, 0.2) is 0 Å². The number of fused-ring (bicyclic) bond motifs is 1. The number of furan rings is 1. The van der Waals surface area contributed by atoms with Gasteiger partial charge < -0.3 is 19.8 Å². The Labute approximate surface area is 140 Å². The van der Waals surface area contributed by atoms with E-state index in [-0.39, 0.29) is 17.0 Å². The quantitative estimate of drug-likeness (QED) is 0.845. The van der Waals surface area contributed by atoms with E-state index < -0.39 is 0 Å². The SMILES string of the molecule is COCC1(NC(=O)c2c(C)oc3ncnc(NC4(C)CC4)c23)CC1. The van der Waals surface area contributed by atoms with E-state index in [0.29, 0.717) is 34.8 Å². The van der Waals surface area contributed by atoms with Crippen LogP contribution in [0.3, 0.4) is 0 Å². The molecule has 0 aromatic carbocycles. The Kier molecular flexibility index (Phi) is 3.32. The summed E-state index contributed by atoms with van der Waals surface area (Å²) in [5, 5.41) is 7.19. The lowest BCUT2D eigenvalue weighted by Gasteiger charge is -2.17. The van der Waals surface area contributed by atoms with Crippen LogP contribution in [-0.4, -0.2) is 40.7 Å². The summed E-state index contributed by atoms with van der Waals surface area (Å²) in [7, 11) is 1.65. The van der Waals surface area contributed by atoms with Crippen molar-refractivity contribution < 1.29 is 13.9 Å². The molecule has 24 heavy (non-hydrogen) atoms. The Balaban J connectivity index is 1.71. The summed E-state index contributed by atoms with van der Waals surface area (Å²) in [5.41, 5.74) is 0.761. The Morgan fingerprint density at radius 1 is 1.33 bits per heavy atom. The molecule has 2 saturated carbocycles. The van der Waals surface area contributed by atoms with Crippen molar-refractivity contribution in [3.8, 4) is 0 Å². The standard InChI is InChI=1S/C17H22N4O3/c1-10-11(14(22)21-17(6-7-17)8-23-3)12-13(20-16(2)4-5-16)18-9-19-15(12)24-10/h9H,4-8H2,1-3H3,(H,21,22)(H,18,19,20). The van der Waals surface area contributed by atoms with E-state index in [9.17, 15) is 4.79 Å². The summed E-state index contributed by atoms with van der Waals surface area (Å²) >= 11 is 0. The number of aromatic nitrogens is 2. The number of hydrogen-bond donors (Lipinski definition) is 2. The second kappa shape index (κ2) is 5.17. The smallest absolute Gasteiger partial charge is 0.256 e. The van der Waals surface area contributed by atoms with Crippen LogP contribution in [0, 0.1) is 6.92 Å². The second-order valence-electron chi connectivity index (χ2n) is 7.29. The zero-order valence-corrected chi connectivity index (χ0v) is 14.2. The first-order valence-electron chi connectivity index (χ1n) is 8.29. The molecule has 2 aliphatic carbocycles. The molecule has 0 saturated heterocycles. The van der Waals surface area contributed by atoms with Gasteiger partial charge in [0, 0.05) is 12.6 Å². The number of carbonyl (C=O) groups is 1. The lowest BCUT2D eigenvalue weighted by atomic mass is 10.1. The van der Waals surface area contributed by atoms with E-state index in [1.54, 1.807) is 14.0 Å². The fourth-order valence-corrected chi connectivity index (χ4v) is 3.05. The van der Waals surface area contributed by atoms with Gasteiger partial charge in [0.2, 0.25) is 5.71 Å². The zero-order valence-electron chi connectivity index (χ0n) is 14.2. The van der Waals surface area contributed by atoms with Crippen LogP contribution >= 0.6 is 0 Å². The zero-order chi connectivity index (χ0) is 16.9. The van der Waals surface area contributed by atoms with Gasteiger partial charge in [0.1, 0.15) is 17.9 Å². The Hall–Kier alpha value is -2.15. The Morgan fingerprint density at radius 2 is 2.08 bits per heavy atom. The molecule has 0 unspecified atom stereocenters. The third-order valence-corrected chi connectivity index (χ3v) is 4.96. The van der Waals surface area contributed by atoms with Crippen molar-refractivity contribution >= 4 is 22.8 Å². The van der Waals surface area contributed by atoms with Crippen molar-refractivity contribution in [2.75, 3.05) is 19.0 Å². The largest absolute Gasteiger partial charge is 0.442 e. The molecule has 0 atom stereocenters. The number of nitrogens with one attached hydrogen (secondary N) is 2. The first-order chi connectivity index (χ1) is 11.5. The molecule has 2 aromatic rings. The predicted octanol–water partition coefficient (Wildman–Crippen LogP) is 2.40. The molecule has 2 N–H and O–H groups in total. The van der Waals surface area contributed by atoms with Crippen LogP contribution in [0.5, 0.6) is 0 Å². The van der Waals surface area contributed by atoms with E-state index in [1.807, 2.05) is 0 Å². The molecule has 2 heterocycles. The average Bonchev–Trinajstić information content (AvgIpc) is 3.40. The van der Waals surface area contributed by atoms with Gasteiger partial charge in [-0.05, 0) is 39.5 Å². The Bertz CT molecular complexity index is 806. The van der Waals surface area contributed by atoms with Gasteiger partial charge >= 0.3 is 0 Å². The number of ether oxygens (including phenoxy) is 1. The van der Waals surface area contributed by atoms with Crippen molar-refractivity contribution in [1.29, 1.82) is 0 Å². The number of carbonyl (C=O) groups excluding carboxylic acids is 1. The molecule has 2 aromatic heterocycles. The summed E-state index contributed by atoms with van der Waals surface area (Å²) in [5.74, 6) is 1.07. The van der Waals surface area contributed by atoms with Crippen LogP contribution < -0.4 is 10.6 Å². The van der Waals surface area contributed by atoms with E-state index >= 15 is 0 Å². The molecule has 7 nitrogen and oxygen atoms in total. The second-order valence-corrected chi connectivity index (χ2v) is 7.29. The molecule has 4 rings (SSSR count). The molecular weight excluding hydrogens is 308 g/mol. The lowest BCUT2D eigenvalue weighted by molar-refractivity contribution is 0.0882. The molecule has 7 heteroatoms. The first kappa shape index (κ1) is 15.4. The molecule has 0 aliphatic heterocycles. The topological polar surface area (TPSA) is 89.3 Å². The fraction of sp³-hybridized carbons (Fsp3) is 0.588. The van der Waals surface area contributed by atoms with Crippen molar-refractivity contribution in [3.05, 3.63) is 17.7 Å². The van der Waals surface area contributed by atoms with E-state index in [2.05, 4.69) is 27.5 Å². The maximum atomic E-state index is 12.9. The Morgan fingerprint density at radius 3 is 2.71 bits per heavy atom. The number of rotatable bonds is 6. The van der Waals surface area contributed by atoms with Crippen LogP contribution in [-0.2, 0) is 4.74 Å². The average molecular weight is 330 g/mol. The number of nitrogens with zero attached hydrogens (tertiary/aromatic N) is 2. The minimum atomic E-state index is -0.242. The fourth-order valence-electron chi connectivity index (χ4n) is 3.05. The van der Waals surface area contributed by atoms with E-state index in [0.717, 1.165) is 25.7 Å². The highest BCUT2D eigenvalue weighted by atomic mass is 16.5. The number of aryl methyl sites for hydroxylation is 1. The maximum absolute atomic E-state index is 12.9. The number of amides is 1. The van der Waals surface area contributed by atoms with Crippen molar-refractivity contribution in [1.82, 2.24) is 15.3 Å². The highest BCUT2D eigenvalue weighted by molar-refractivity contribution is 6.10. The van der Waals surface area contributed by atoms with Gasteiger partial charge in [0.05, 0.1) is 23.1 Å². The number of methoxy groups -OCH3 is 1. The maximum Gasteiger partial charge on any atom is 0.256 e. The summed E-state index contributed by atoms with van der Waals surface area (Å²) in [4.78, 5) is 21.4. The molecule has 0 radical (unpaired) electrons. The van der Waals surface area contributed by atoms with Crippen LogP contribution in [0.15, 0.2) is 10.7 Å². The van der Waals surface area contributed by atoms with E-state index in [4.69, 9.17) is 9.15 Å². The molecule has 1 amide bonds. The number of anilines is 1. The van der Waals surface area contributed by atoms with Gasteiger partial charge in [-0.3, -0.25) is 4.79 Å². The predicted molar refractivity (Wildman–Crippen MR) is 89.1 cm³/mol. The van der Waals surface area contributed by atoms with Gasteiger partial charge in [-0.2, -0.15) is 0 Å². The van der Waals surface area contributed by atoms with Crippen molar-refractivity contribution in [2.24, 2.45) is 0 Å². The molecule has 0 bridgehead atoms. The minimum absolute atomic E-state index is 0.0496. The minimum Gasteiger partial charge on any atom is -0.442 e. The number of hydrogen-bond acceptors (Lipinski definition) is 6. The first-order valence-corrected chi connectivity index (χ1v) is 8.29. The molecule has 2 fully saturated rings. The van der Waals surface area contributed by atoms with Gasteiger partial charge in [-0.1, -0.05) is 0 Å². The lowest BCUT2D eigenvalue weighted by Crippen LogP contribution is -2.40. The van der Waals surface area contributed by atoms with Crippen LogP contribution in [0.1, 0.15) is 48.7 Å². The molecule has 2 aliphatic rings. The summed E-state index contributed by atoms with van der Waals surface area (Å²) < 4.78 is 10.9.